The highest BCUT2D eigenvalue weighted by molar-refractivity contribution is 6.32. The zero-order valence-electron chi connectivity index (χ0n) is 15.9. The fraction of sp³-hybridized carbons (Fsp3) is 0.700. The second kappa shape index (κ2) is 11.2. The van der Waals surface area contributed by atoms with E-state index in [4.69, 9.17) is 25.8 Å². The summed E-state index contributed by atoms with van der Waals surface area (Å²) in [6.45, 7) is 7.85. The highest BCUT2D eigenvalue weighted by Crippen LogP contribution is 2.22. The molecule has 2 unspecified atom stereocenters. The van der Waals surface area contributed by atoms with Gasteiger partial charge in [0, 0.05) is 45.9 Å². The molecule has 3 rings (SSSR count). The maximum Gasteiger partial charge on any atom is 0.137 e. The van der Waals surface area contributed by atoms with Crippen molar-refractivity contribution in [2.45, 2.75) is 25.0 Å². The van der Waals surface area contributed by atoms with E-state index < -0.39 is 6.10 Å². The van der Waals surface area contributed by atoms with Crippen molar-refractivity contribution in [3.63, 3.8) is 0 Å². The SMILES string of the molecule is OC(COCC1CCCO1)CN1CCN(CCOc2ccccc2Cl)CC1. The molecule has 1 N–H and O–H groups in total. The van der Waals surface area contributed by atoms with Gasteiger partial charge in [0.1, 0.15) is 12.4 Å². The Morgan fingerprint density at radius 1 is 1.19 bits per heavy atom. The Hall–Kier alpha value is -0.890. The molecule has 0 bridgehead atoms. The Bertz CT molecular complexity index is 549. The first-order chi connectivity index (χ1) is 13.2. The molecular formula is C20H31ClN2O4. The van der Waals surface area contributed by atoms with Gasteiger partial charge in [-0.05, 0) is 25.0 Å². The Kier molecular flexibility index (Phi) is 8.64. The second-order valence-corrected chi connectivity index (χ2v) is 7.65. The predicted octanol–water partition coefficient (Wildman–Crippen LogP) is 1.89. The molecule has 2 aliphatic rings. The first-order valence-electron chi connectivity index (χ1n) is 9.90. The maximum atomic E-state index is 10.2. The van der Waals surface area contributed by atoms with Crippen LogP contribution >= 0.6 is 11.6 Å². The van der Waals surface area contributed by atoms with Gasteiger partial charge < -0.3 is 19.3 Å². The first-order valence-corrected chi connectivity index (χ1v) is 10.3. The Morgan fingerprint density at radius 2 is 1.96 bits per heavy atom. The van der Waals surface area contributed by atoms with Gasteiger partial charge >= 0.3 is 0 Å². The summed E-state index contributed by atoms with van der Waals surface area (Å²) in [6, 6.07) is 7.56. The van der Waals surface area contributed by atoms with Gasteiger partial charge in [-0.3, -0.25) is 9.80 Å². The van der Waals surface area contributed by atoms with Crippen LogP contribution in [0.1, 0.15) is 12.8 Å². The number of rotatable bonds is 10. The average molecular weight is 399 g/mol. The van der Waals surface area contributed by atoms with Crippen LogP contribution in [0, 0.1) is 0 Å². The summed E-state index contributed by atoms with van der Waals surface area (Å²) in [4.78, 5) is 4.68. The van der Waals surface area contributed by atoms with Crippen LogP contribution in [0.3, 0.4) is 0 Å². The Balaban J connectivity index is 1.24. The van der Waals surface area contributed by atoms with E-state index in [1.54, 1.807) is 0 Å². The van der Waals surface area contributed by atoms with E-state index >= 15 is 0 Å². The lowest BCUT2D eigenvalue weighted by Crippen LogP contribution is -2.49. The maximum absolute atomic E-state index is 10.2. The van der Waals surface area contributed by atoms with Crippen LogP contribution in [0.4, 0.5) is 0 Å². The number of benzene rings is 1. The van der Waals surface area contributed by atoms with Gasteiger partial charge in [0.15, 0.2) is 0 Å². The van der Waals surface area contributed by atoms with E-state index in [9.17, 15) is 5.11 Å². The first kappa shape index (κ1) is 20.8. The average Bonchev–Trinajstić information content (AvgIpc) is 3.18. The number of para-hydroxylation sites is 1. The van der Waals surface area contributed by atoms with Crippen molar-refractivity contribution in [2.75, 3.05) is 65.7 Å². The fourth-order valence-corrected chi connectivity index (χ4v) is 3.69. The summed E-state index contributed by atoms with van der Waals surface area (Å²) in [5.74, 6) is 0.740. The molecule has 1 aromatic rings. The molecule has 0 aromatic heterocycles. The van der Waals surface area contributed by atoms with Crippen molar-refractivity contribution in [1.82, 2.24) is 9.80 Å². The van der Waals surface area contributed by atoms with E-state index in [0.717, 1.165) is 57.9 Å². The lowest BCUT2D eigenvalue weighted by atomic mass is 10.2. The molecular weight excluding hydrogens is 368 g/mol. The minimum atomic E-state index is -0.443. The summed E-state index contributed by atoms with van der Waals surface area (Å²) in [7, 11) is 0. The number of piperazine rings is 1. The van der Waals surface area contributed by atoms with Gasteiger partial charge in [0.05, 0.1) is 30.4 Å². The van der Waals surface area contributed by atoms with Crippen molar-refractivity contribution in [3.05, 3.63) is 29.3 Å². The third-order valence-corrected chi connectivity index (χ3v) is 5.39. The minimum absolute atomic E-state index is 0.216. The minimum Gasteiger partial charge on any atom is -0.491 e. The molecule has 152 valence electrons. The van der Waals surface area contributed by atoms with Crippen LogP contribution < -0.4 is 4.74 Å². The highest BCUT2D eigenvalue weighted by Gasteiger charge is 2.20. The predicted molar refractivity (Wildman–Crippen MR) is 106 cm³/mol. The number of hydrogen-bond acceptors (Lipinski definition) is 6. The Morgan fingerprint density at radius 3 is 2.70 bits per heavy atom. The monoisotopic (exact) mass is 398 g/mol. The normalized spacial score (nSPS) is 22.8. The number of aliphatic hydroxyl groups is 1. The smallest absolute Gasteiger partial charge is 0.137 e. The molecule has 0 spiro atoms. The molecule has 2 saturated heterocycles. The molecule has 2 heterocycles. The summed E-state index contributed by atoms with van der Waals surface area (Å²) in [5.41, 5.74) is 0. The van der Waals surface area contributed by atoms with Crippen molar-refractivity contribution in [2.24, 2.45) is 0 Å². The van der Waals surface area contributed by atoms with Crippen LogP contribution in [0.25, 0.3) is 0 Å². The number of nitrogens with zero attached hydrogens (tertiary/aromatic N) is 2. The molecule has 2 atom stereocenters. The molecule has 2 aliphatic heterocycles. The summed E-state index contributed by atoms with van der Waals surface area (Å²) >= 11 is 6.10. The fourth-order valence-electron chi connectivity index (χ4n) is 3.50. The molecule has 0 amide bonds. The lowest BCUT2D eigenvalue weighted by Gasteiger charge is -2.35. The van der Waals surface area contributed by atoms with Gasteiger partial charge in [0.25, 0.3) is 0 Å². The van der Waals surface area contributed by atoms with Crippen molar-refractivity contribution in [1.29, 1.82) is 0 Å². The third-order valence-electron chi connectivity index (χ3n) is 5.07. The zero-order valence-corrected chi connectivity index (χ0v) is 16.6. The van der Waals surface area contributed by atoms with Crippen LogP contribution in [0.2, 0.25) is 5.02 Å². The van der Waals surface area contributed by atoms with E-state index in [1.165, 1.54) is 0 Å². The molecule has 27 heavy (non-hydrogen) atoms. The van der Waals surface area contributed by atoms with Crippen LogP contribution in [-0.2, 0) is 9.47 Å². The van der Waals surface area contributed by atoms with Crippen molar-refractivity contribution < 1.29 is 19.3 Å². The van der Waals surface area contributed by atoms with E-state index in [1.807, 2.05) is 24.3 Å². The number of ether oxygens (including phenoxy) is 3. The van der Waals surface area contributed by atoms with Gasteiger partial charge in [-0.15, -0.1) is 0 Å². The largest absolute Gasteiger partial charge is 0.491 e. The summed E-state index contributed by atoms with van der Waals surface area (Å²) in [5, 5.41) is 10.8. The quantitative estimate of drug-likeness (QED) is 0.649. The lowest BCUT2D eigenvalue weighted by molar-refractivity contribution is -0.0287. The molecule has 1 aromatic carbocycles. The van der Waals surface area contributed by atoms with Crippen molar-refractivity contribution >= 4 is 11.6 Å². The van der Waals surface area contributed by atoms with E-state index in [0.29, 0.717) is 31.4 Å². The second-order valence-electron chi connectivity index (χ2n) is 7.25. The molecule has 0 aliphatic carbocycles. The molecule has 2 fully saturated rings. The van der Waals surface area contributed by atoms with Gasteiger partial charge in [0.2, 0.25) is 0 Å². The molecule has 7 heteroatoms. The van der Waals surface area contributed by atoms with Gasteiger partial charge in [-0.25, -0.2) is 0 Å². The van der Waals surface area contributed by atoms with Crippen molar-refractivity contribution in [3.8, 4) is 5.75 Å². The Labute approximate surface area is 166 Å². The third kappa shape index (κ3) is 7.22. The van der Waals surface area contributed by atoms with Crippen LogP contribution in [0.5, 0.6) is 5.75 Å². The van der Waals surface area contributed by atoms with Crippen LogP contribution in [-0.4, -0.2) is 92.8 Å². The molecule has 6 nitrogen and oxygen atoms in total. The number of β-amino-alcohol motifs (C(OH)–C–C–N with tert-alkyl or cyclic N) is 1. The zero-order chi connectivity index (χ0) is 18.9. The number of hydrogen-bond donors (Lipinski definition) is 1. The van der Waals surface area contributed by atoms with E-state index in [-0.39, 0.29) is 6.10 Å². The summed E-state index contributed by atoms with van der Waals surface area (Å²) in [6.07, 6.45) is 1.96. The molecule has 0 saturated carbocycles. The van der Waals surface area contributed by atoms with Gasteiger partial charge in [-0.1, -0.05) is 23.7 Å². The van der Waals surface area contributed by atoms with Crippen LogP contribution in [0.15, 0.2) is 24.3 Å². The highest BCUT2D eigenvalue weighted by atomic mass is 35.5. The standard InChI is InChI=1S/C20H31ClN2O4/c21-19-5-1-2-6-20(19)27-13-11-22-7-9-23(10-8-22)14-17(24)15-25-16-18-4-3-12-26-18/h1-2,5-6,17-18,24H,3-4,7-16H2. The van der Waals surface area contributed by atoms with Gasteiger partial charge in [-0.2, -0.15) is 0 Å². The number of halogens is 1. The molecule has 0 radical (unpaired) electrons. The number of aliphatic hydroxyl groups excluding tert-OH is 1. The topological polar surface area (TPSA) is 54.4 Å². The van der Waals surface area contributed by atoms with E-state index in [2.05, 4.69) is 9.80 Å². The summed E-state index contributed by atoms with van der Waals surface area (Å²) < 4.78 is 16.9.